The van der Waals surface area contributed by atoms with E-state index in [0.29, 0.717) is 6.54 Å². The molecule has 0 amide bonds. The fourth-order valence-corrected chi connectivity index (χ4v) is 1.60. The molecule has 0 bridgehead atoms. The summed E-state index contributed by atoms with van der Waals surface area (Å²) in [6.45, 7) is 0.398. The summed E-state index contributed by atoms with van der Waals surface area (Å²) in [5.41, 5.74) is 2.09. The van der Waals surface area contributed by atoms with E-state index in [1.165, 1.54) is 0 Å². The highest BCUT2D eigenvalue weighted by Gasteiger charge is 2.10. The fourth-order valence-electron chi connectivity index (χ4n) is 1.60. The van der Waals surface area contributed by atoms with Crippen molar-refractivity contribution in [2.75, 3.05) is 0 Å². The fraction of sp³-hybridized carbons (Fsp3) is 0.300. The van der Waals surface area contributed by atoms with Crippen LogP contribution >= 0.6 is 0 Å². The van der Waals surface area contributed by atoms with Gasteiger partial charge in [-0.1, -0.05) is 0 Å². The largest absolute Gasteiger partial charge is 0.624 e. The number of hydroxylamine groups is 1. The van der Waals surface area contributed by atoms with Crippen LogP contribution in [0.25, 0.3) is 0 Å². The van der Waals surface area contributed by atoms with Crippen molar-refractivity contribution >= 4 is 6.21 Å². The predicted molar refractivity (Wildman–Crippen MR) is 49.8 cm³/mol. The molecule has 0 spiro atoms. The molecule has 0 aromatic heterocycles. The van der Waals surface area contributed by atoms with E-state index in [4.69, 9.17) is 0 Å². The molecule has 1 N–H and O–H groups in total. The lowest BCUT2D eigenvalue weighted by Crippen LogP contribution is -2.02. The number of aryl methyl sites for hydroxylation is 1. The maximum absolute atomic E-state index is 11.1. The van der Waals surface area contributed by atoms with Gasteiger partial charge in [-0.3, -0.25) is 0 Å². The summed E-state index contributed by atoms with van der Waals surface area (Å²) < 4.78 is 0.947. The molecule has 2 rings (SSSR count). The van der Waals surface area contributed by atoms with Crippen LogP contribution < -0.4 is 0 Å². The van der Waals surface area contributed by atoms with Gasteiger partial charge in [-0.25, -0.2) is 4.74 Å². The molecule has 3 nitrogen and oxygen atoms in total. The monoisotopic (exact) mass is 177 g/mol. The quantitative estimate of drug-likeness (QED) is 0.481. The van der Waals surface area contributed by atoms with Crippen molar-refractivity contribution in [3.8, 4) is 5.75 Å². The van der Waals surface area contributed by atoms with Crippen molar-refractivity contribution in [1.29, 1.82) is 0 Å². The average molecular weight is 177 g/mol. The van der Waals surface area contributed by atoms with Gasteiger partial charge < -0.3 is 10.3 Å². The van der Waals surface area contributed by atoms with Crippen LogP contribution in [0.2, 0.25) is 0 Å². The van der Waals surface area contributed by atoms with Gasteiger partial charge in [0.25, 0.3) is 0 Å². The van der Waals surface area contributed by atoms with Crippen LogP contribution in [0.15, 0.2) is 18.2 Å². The molecule has 0 fully saturated rings. The molecule has 13 heavy (non-hydrogen) atoms. The highest BCUT2D eigenvalue weighted by Crippen LogP contribution is 2.20. The summed E-state index contributed by atoms with van der Waals surface area (Å²) in [7, 11) is 0. The number of benzene rings is 1. The third-order valence-electron chi connectivity index (χ3n) is 2.26. The van der Waals surface area contributed by atoms with Gasteiger partial charge in [-0.05, 0) is 30.2 Å². The molecule has 1 heterocycles. The minimum Gasteiger partial charge on any atom is -0.624 e. The average Bonchev–Trinajstić information content (AvgIpc) is 2.25. The van der Waals surface area contributed by atoms with Gasteiger partial charge in [0.15, 0.2) is 12.8 Å². The first-order valence-electron chi connectivity index (χ1n) is 4.33. The van der Waals surface area contributed by atoms with Crippen LogP contribution in [-0.4, -0.2) is 16.1 Å². The van der Waals surface area contributed by atoms with Crippen LogP contribution in [0.4, 0.5) is 0 Å². The van der Waals surface area contributed by atoms with E-state index in [2.05, 4.69) is 0 Å². The molecule has 0 radical (unpaired) electrons. The highest BCUT2D eigenvalue weighted by atomic mass is 16.5. The van der Waals surface area contributed by atoms with E-state index >= 15 is 0 Å². The first-order chi connectivity index (χ1) is 6.25. The maximum atomic E-state index is 11.1. The third-order valence-corrected chi connectivity index (χ3v) is 2.26. The number of phenols is 1. The van der Waals surface area contributed by atoms with Gasteiger partial charge >= 0.3 is 0 Å². The van der Waals surface area contributed by atoms with Crippen LogP contribution in [0.1, 0.15) is 17.5 Å². The Bertz CT molecular complexity index is 358. The molecule has 0 saturated carbocycles. The van der Waals surface area contributed by atoms with Gasteiger partial charge in [0.1, 0.15) is 5.75 Å². The number of nitrogens with zero attached hydrogens (tertiary/aromatic N) is 1. The summed E-state index contributed by atoms with van der Waals surface area (Å²) in [4.78, 5) is 0. The molecule has 68 valence electrons. The van der Waals surface area contributed by atoms with Gasteiger partial charge in [0.05, 0.1) is 0 Å². The Balaban J connectivity index is 2.40. The predicted octanol–water partition coefficient (Wildman–Crippen LogP) is 1.42. The summed E-state index contributed by atoms with van der Waals surface area (Å²) in [6, 6.07) is 5.18. The van der Waals surface area contributed by atoms with Gasteiger partial charge in [0.2, 0.25) is 0 Å². The van der Waals surface area contributed by atoms with Gasteiger partial charge in [0, 0.05) is 12.0 Å². The molecule has 1 aromatic rings. The minimum absolute atomic E-state index is 0.276. The molecular weight excluding hydrogens is 166 g/mol. The Morgan fingerprint density at radius 2 is 2.15 bits per heavy atom. The number of hydrogen-bond acceptors (Lipinski definition) is 2. The standard InChI is InChI=1S/C10H11NO2/c12-10-4-3-9-7-11(13)5-1-2-8(9)6-10/h3-6,12H,1-2,7H2. The normalized spacial score (nSPS) is 15.8. The zero-order valence-corrected chi connectivity index (χ0v) is 7.23. The van der Waals surface area contributed by atoms with Crippen molar-refractivity contribution in [3.63, 3.8) is 0 Å². The summed E-state index contributed by atoms with van der Waals surface area (Å²) >= 11 is 0. The Morgan fingerprint density at radius 3 is 3.00 bits per heavy atom. The maximum Gasteiger partial charge on any atom is 0.178 e. The van der Waals surface area contributed by atoms with Crippen molar-refractivity contribution in [2.45, 2.75) is 19.4 Å². The highest BCUT2D eigenvalue weighted by molar-refractivity contribution is 5.53. The molecule has 0 unspecified atom stereocenters. The number of aromatic hydroxyl groups is 1. The minimum atomic E-state index is 0.276. The molecule has 1 aromatic carbocycles. The summed E-state index contributed by atoms with van der Waals surface area (Å²) in [6.07, 6.45) is 3.24. The summed E-state index contributed by atoms with van der Waals surface area (Å²) in [5, 5.41) is 20.4. The second kappa shape index (κ2) is 3.09. The summed E-state index contributed by atoms with van der Waals surface area (Å²) in [5.74, 6) is 0.276. The van der Waals surface area contributed by atoms with Crippen molar-refractivity contribution in [3.05, 3.63) is 34.5 Å². The van der Waals surface area contributed by atoms with E-state index in [0.717, 1.165) is 28.7 Å². The third kappa shape index (κ3) is 1.64. The Kier molecular flexibility index (Phi) is 1.93. The van der Waals surface area contributed by atoms with E-state index in [1.807, 2.05) is 6.07 Å². The lowest BCUT2D eigenvalue weighted by atomic mass is 10.0. The molecule has 0 saturated heterocycles. The number of hydrogen-bond donors (Lipinski definition) is 1. The van der Waals surface area contributed by atoms with Crippen LogP contribution in [0.3, 0.4) is 0 Å². The first kappa shape index (κ1) is 8.10. The van der Waals surface area contributed by atoms with Crippen molar-refractivity contribution < 1.29 is 9.85 Å². The van der Waals surface area contributed by atoms with E-state index in [1.54, 1.807) is 18.3 Å². The lowest BCUT2D eigenvalue weighted by molar-refractivity contribution is -0.470. The van der Waals surface area contributed by atoms with Crippen LogP contribution in [0.5, 0.6) is 5.75 Å². The number of rotatable bonds is 0. The number of fused-ring (bicyclic) bond motifs is 1. The van der Waals surface area contributed by atoms with E-state index in [-0.39, 0.29) is 5.75 Å². The molecule has 0 aliphatic carbocycles. The zero-order chi connectivity index (χ0) is 9.26. The smallest absolute Gasteiger partial charge is 0.178 e. The topological polar surface area (TPSA) is 46.3 Å². The molecular formula is C10H11NO2. The zero-order valence-electron chi connectivity index (χ0n) is 7.23. The number of phenolic OH excluding ortho intramolecular Hbond substituents is 1. The second-order valence-corrected chi connectivity index (χ2v) is 3.25. The molecule has 3 heteroatoms. The molecule has 1 aliphatic heterocycles. The lowest BCUT2D eigenvalue weighted by Gasteiger charge is -2.05. The van der Waals surface area contributed by atoms with E-state index in [9.17, 15) is 10.3 Å². The van der Waals surface area contributed by atoms with Gasteiger partial charge in [-0.15, -0.1) is 0 Å². The van der Waals surface area contributed by atoms with Gasteiger partial charge in [-0.2, -0.15) is 0 Å². The van der Waals surface area contributed by atoms with E-state index < -0.39 is 0 Å². The Labute approximate surface area is 76.5 Å². The molecule has 1 aliphatic rings. The van der Waals surface area contributed by atoms with Crippen molar-refractivity contribution in [2.24, 2.45) is 0 Å². The Hall–Kier alpha value is -1.51. The van der Waals surface area contributed by atoms with Crippen molar-refractivity contribution in [1.82, 2.24) is 0 Å². The first-order valence-corrected chi connectivity index (χ1v) is 4.33. The van der Waals surface area contributed by atoms with Crippen LogP contribution in [0, 0.1) is 5.21 Å². The molecule has 0 atom stereocenters. The second-order valence-electron chi connectivity index (χ2n) is 3.25. The Morgan fingerprint density at radius 1 is 1.31 bits per heavy atom. The van der Waals surface area contributed by atoms with Crippen LogP contribution in [-0.2, 0) is 13.0 Å². The SMILES string of the molecule is [O-][N+]1=CCCc2cc(O)ccc2C1.